The maximum atomic E-state index is 10.6. The average molecular weight is 947 g/mol. The molecule has 0 radical (unpaired) electrons. The van der Waals surface area contributed by atoms with Crippen LogP contribution in [-0.2, 0) is 52.3 Å². The summed E-state index contributed by atoms with van der Waals surface area (Å²) in [6.07, 6.45) is 18.6. The molecule has 1 heterocycles. The zero-order chi connectivity index (χ0) is 50.8. The smallest absolute Gasteiger partial charge is 0.469 e. The van der Waals surface area contributed by atoms with Crippen LogP contribution in [0, 0.1) is 13.8 Å². The summed E-state index contributed by atoms with van der Waals surface area (Å²) in [6.45, 7) is 20.7. The van der Waals surface area contributed by atoms with E-state index in [9.17, 15) is 19.2 Å². The van der Waals surface area contributed by atoms with Crippen LogP contribution in [0.15, 0.2) is 66.2 Å². The predicted octanol–water partition coefficient (Wildman–Crippen LogP) is 12.1. The van der Waals surface area contributed by atoms with Gasteiger partial charge in [0, 0.05) is 72.2 Å². The maximum Gasteiger partial charge on any atom is 0.507 e. The van der Waals surface area contributed by atoms with E-state index < -0.39 is 6.16 Å². The zero-order valence-corrected chi connectivity index (χ0v) is 42.8. The van der Waals surface area contributed by atoms with Crippen molar-refractivity contribution < 1.29 is 61.6 Å². The van der Waals surface area contributed by atoms with E-state index in [-0.39, 0.29) is 17.9 Å². The molecule has 0 saturated carbocycles. The number of unbranched alkanes of at least 4 members (excludes halogenated alkanes) is 10. The number of hydrogen-bond donors (Lipinski definition) is 0. The Hall–Kier alpha value is -5.12. The van der Waals surface area contributed by atoms with Crippen molar-refractivity contribution in [1.82, 2.24) is 10.1 Å². The lowest BCUT2D eigenvalue weighted by molar-refractivity contribution is -0.141. The van der Waals surface area contributed by atoms with Crippen molar-refractivity contribution >= 4 is 34.8 Å². The van der Waals surface area contributed by atoms with Crippen molar-refractivity contribution in [3.8, 4) is 11.4 Å². The quantitative estimate of drug-likeness (QED) is 0.0304. The number of benzene rings is 2. The van der Waals surface area contributed by atoms with Crippen molar-refractivity contribution in [3.63, 3.8) is 0 Å². The maximum absolute atomic E-state index is 10.6. The molecule has 1 aromatic heterocycles. The van der Waals surface area contributed by atoms with Gasteiger partial charge in [-0.05, 0) is 75.1 Å². The van der Waals surface area contributed by atoms with Crippen LogP contribution in [0.4, 0.5) is 4.79 Å². The SMILES string of the molecule is C=CC(=O)OCCCCCCOC.C=CC(=O)OCCCCOC.CCCCCC(=O)OC.CCCCCCOC.CCCCOC(=O)OC.Cc1ccc2cc(-c3noc(C)n3)ccc2c1. The van der Waals surface area contributed by atoms with Gasteiger partial charge in [-0.1, -0.05) is 120 Å². The lowest BCUT2D eigenvalue weighted by Gasteiger charge is -2.01. The van der Waals surface area contributed by atoms with Crippen molar-refractivity contribution in [1.29, 1.82) is 0 Å². The third-order valence-corrected chi connectivity index (χ3v) is 8.89. The van der Waals surface area contributed by atoms with Crippen molar-refractivity contribution in [2.75, 3.05) is 75.2 Å². The summed E-state index contributed by atoms with van der Waals surface area (Å²) in [7, 11) is 7.83. The molecular weight excluding hydrogens is 861 g/mol. The van der Waals surface area contributed by atoms with Crippen LogP contribution in [0.2, 0.25) is 0 Å². The molecule has 2 aromatic carbocycles. The summed E-state index contributed by atoms with van der Waals surface area (Å²) in [6, 6.07) is 12.6. The van der Waals surface area contributed by atoms with Gasteiger partial charge in [0.2, 0.25) is 11.7 Å². The summed E-state index contributed by atoms with van der Waals surface area (Å²) in [4.78, 5) is 46.0. The van der Waals surface area contributed by atoms with Crippen LogP contribution in [-0.4, -0.2) is 109 Å². The Labute approximate surface area is 402 Å². The molecular formula is C52H86N2O13. The first-order valence-electron chi connectivity index (χ1n) is 23.5. The highest BCUT2D eigenvalue weighted by Crippen LogP contribution is 2.23. The molecule has 15 nitrogen and oxygen atoms in total. The number of carbonyl (C=O) groups excluding carboxylic acids is 4. The molecule has 67 heavy (non-hydrogen) atoms. The molecule has 0 aliphatic heterocycles. The molecule has 0 aliphatic carbocycles. The molecule has 0 N–H and O–H groups in total. The van der Waals surface area contributed by atoms with Gasteiger partial charge in [0.05, 0.1) is 34.0 Å². The summed E-state index contributed by atoms with van der Waals surface area (Å²) in [5, 5.41) is 6.35. The third kappa shape index (κ3) is 44.5. The molecule has 0 saturated heterocycles. The number of nitrogens with zero attached hydrogens (tertiary/aromatic N) is 2. The van der Waals surface area contributed by atoms with E-state index >= 15 is 0 Å². The summed E-state index contributed by atoms with van der Waals surface area (Å²) in [5.41, 5.74) is 2.25. The summed E-state index contributed by atoms with van der Waals surface area (Å²) >= 11 is 0. The van der Waals surface area contributed by atoms with Crippen LogP contribution in [0.25, 0.3) is 22.2 Å². The fourth-order valence-electron chi connectivity index (χ4n) is 5.09. The monoisotopic (exact) mass is 947 g/mol. The van der Waals surface area contributed by atoms with Gasteiger partial charge in [-0.2, -0.15) is 4.98 Å². The molecule has 0 fully saturated rings. The molecule has 3 aromatic rings. The number of hydrogen-bond acceptors (Lipinski definition) is 15. The van der Waals surface area contributed by atoms with E-state index in [4.69, 9.17) is 28.2 Å². The molecule has 0 unspecified atom stereocenters. The Bertz CT molecular complexity index is 1630. The van der Waals surface area contributed by atoms with Crippen LogP contribution in [0.1, 0.15) is 135 Å². The minimum atomic E-state index is -0.594. The largest absolute Gasteiger partial charge is 0.507 e. The van der Waals surface area contributed by atoms with Gasteiger partial charge >= 0.3 is 24.1 Å². The fraction of sp³-hybridized carbons (Fsp3) is 0.615. The standard InChI is InChI=1S/C14H12N2O.C10H18O3.C8H14O3.C7H14O2.C7H16O.C6H12O3/c1-9-3-4-12-8-13(6-5-11(12)7-9)14-15-10(2)17-16-14;1-3-10(11)13-9-7-5-4-6-8-12-2;1-3-8(9)11-7-5-4-6-10-2;1-3-4-5-6-7(8)9-2;1-3-4-5-6-7-8-2;1-3-4-5-9-6(7)8-2/h3-8H,1-2H3;3H,1,4-9H2,2H3;3H,1,4-7H2,2H3;3-6H2,1-2H3;3-7H2,1-2H3;3-5H2,1-2H3. The Morgan fingerprint density at radius 3 is 1.49 bits per heavy atom. The normalized spacial score (nSPS) is 9.70. The van der Waals surface area contributed by atoms with Gasteiger partial charge in [-0.15, -0.1) is 0 Å². The van der Waals surface area contributed by atoms with E-state index in [1.807, 2.05) is 13.0 Å². The fourth-order valence-corrected chi connectivity index (χ4v) is 5.09. The second kappa shape index (κ2) is 50.3. The minimum absolute atomic E-state index is 0.0940. The number of aryl methyl sites for hydroxylation is 2. The number of esters is 3. The van der Waals surface area contributed by atoms with Crippen LogP contribution < -0.4 is 0 Å². The van der Waals surface area contributed by atoms with Gasteiger partial charge < -0.3 is 42.4 Å². The van der Waals surface area contributed by atoms with Gasteiger partial charge in [-0.25, -0.2) is 14.4 Å². The van der Waals surface area contributed by atoms with Crippen LogP contribution in [0.5, 0.6) is 0 Å². The first-order valence-corrected chi connectivity index (χ1v) is 23.5. The topological polar surface area (TPSA) is 181 Å². The van der Waals surface area contributed by atoms with E-state index in [0.29, 0.717) is 44.6 Å². The Kier molecular flexibility index (Phi) is 49.7. The van der Waals surface area contributed by atoms with Crippen LogP contribution in [0.3, 0.4) is 0 Å². The number of methoxy groups -OCH3 is 5. The lowest BCUT2D eigenvalue weighted by atomic mass is 10.0. The number of rotatable bonds is 27. The first kappa shape index (κ1) is 66.2. The highest BCUT2D eigenvalue weighted by Gasteiger charge is 2.06. The lowest BCUT2D eigenvalue weighted by Crippen LogP contribution is -2.04. The van der Waals surface area contributed by atoms with Gasteiger partial charge in [0.25, 0.3) is 0 Å². The first-order chi connectivity index (χ1) is 32.4. The van der Waals surface area contributed by atoms with Crippen LogP contribution >= 0.6 is 0 Å². The minimum Gasteiger partial charge on any atom is -0.469 e. The van der Waals surface area contributed by atoms with Crippen molar-refractivity contribution in [2.45, 2.75) is 137 Å². The molecule has 0 amide bonds. The van der Waals surface area contributed by atoms with E-state index in [1.165, 1.54) is 62.3 Å². The van der Waals surface area contributed by atoms with E-state index in [0.717, 1.165) is 95.5 Å². The molecule has 3 rings (SSSR count). The van der Waals surface area contributed by atoms with Gasteiger partial charge in [0.15, 0.2) is 0 Å². The molecule has 15 heteroatoms. The summed E-state index contributed by atoms with van der Waals surface area (Å²) < 4.78 is 42.4. The third-order valence-electron chi connectivity index (χ3n) is 8.89. The zero-order valence-electron chi connectivity index (χ0n) is 42.8. The molecule has 0 atom stereocenters. The number of ether oxygens (including phenoxy) is 8. The second-order valence-electron chi connectivity index (χ2n) is 14.8. The number of fused-ring (bicyclic) bond motifs is 1. The molecule has 0 spiro atoms. The van der Waals surface area contributed by atoms with Gasteiger partial charge in [-0.3, -0.25) is 4.79 Å². The van der Waals surface area contributed by atoms with E-state index in [1.54, 1.807) is 28.3 Å². The van der Waals surface area contributed by atoms with Gasteiger partial charge in [0.1, 0.15) is 0 Å². The number of aromatic nitrogens is 2. The van der Waals surface area contributed by atoms with Crippen molar-refractivity contribution in [2.24, 2.45) is 0 Å². The Balaban J connectivity index is -0.000000752. The molecule has 382 valence electrons. The predicted molar refractivity (Wildman–Crippen MR) is 266 cm³/mol. The number of carbonyl (C=O) groups is 4. The Morgan fingerprint density at radius 2 is 1.01 bits per heavy atom. The molecule has 0 bridgehead atoms. The Morgan fingerprint density at radius 1 is 0.552 bits per heavy atom. The highest BCUT2D eigenvalue weighted by molar-refractivity contribution is 5.87. The second-order valence-corrected chi connectivity index (χ2v) is 14.8. The van der Waals surface area contributed by atoms with Crippen molar-refractivity contribution in [3.05, 3.63) is 73.2 Å². The summed E-state index contributed by atoms with van der Waals surface area (Å²) in [5.74, 6) is 0.441. The highest BCUT2D eigenvalue weighted by atomic mass is 16.7. The average Bonchev–Trinajstić information content (AvgIpc) is 3.79. The van der Waals surface area contributed by atoms with E-state index in [2.05, 4.69) is 88.6 Å². The molecule has 0 aliphatic rings.